The van der Waals surface area contributed by atoms with Gasteiger partial charge in [0.1, 0.15) is 0 Å². The molecule has 1 aromatic rings. The van der Waals surface area contributed by atoms with Crippen LogP contribution in [0.1, 0.15) is 19.5 Å². The van der Waals surface area contributed by atoms with Crippen molar-refractivity contribution in [3.63, 3.8) is 0 Å². The molecule has 0 radical (unpaired) electrons. The average Bonchev–Trinajstić information content (AvgIpc) is 2.55. The third kappa shape index (κ3) is 1.80. The van der Waals surface area contributed by atoms with Crippen LogP contribution in [0, 0.1) is 0 Å². The summed E-state index contributed by atoms with van der Waals surface area (Å²) in [5.74, 6) is -0.952. The summed E-state index contributed by atoms with van der Waals surface area (Å²) in [6.45, 7) is 3.67. The molecule has 0 amide bonds. The summed E-state index contributed by atoms with van der Waals surface area (Å²) in [6, 6.07) is 3.70. The molecule has 78 valence electrons. The van der Waals surface area contributed by atoms with Crippen LogP contribution in [0.2, 0.25) is 0 Å². The van der Waals surface area contributed by atoms with Gasteiger partial charge >= 0.3 is 5.97 Å². The quantitative estimate of drug-likeness (QED) is 0.766. The monoisotopic (exact) mass is 197 g/mol. The number of carboxylic acids is 1. The molecule has 0 aliphatic carbocycles. The van der Waals surface area contributed by atoms with Gasteiger partial charge in [0.25, 0.3) is 0 Å². The number of carboxylic acid groups (broad SMARTS) is 1. The molecule has 0 aliphatic rings. The molecule has 14 heavy (non-hydrogen) atoms. The number of nitrogens with one attached hydrogen (secondary N) is 1. The van der Waals surface area contributed by atoms with Crippen molar-refractivity contribution in [3.8, 4) is 0 Å². The van der Waals surface area contributed by atoms with Gasteiger partial charge in [0, 0.05) is 24.4 Å². The van der Waals surface area contributed by atoms with Crippen LogP contribution < -0.4 is 0 Å². The highest BCUT2D eigenvalue weighted by atomic mass is 16.5. The molecule has 1 unspecified atom stereocenters. The van der Waals surface area contributed by atoms with Crippen LogP contribution in [0.3, 0.4) is 0 Å². The number of aromatic amines is 1. The summed E-state index contributed by atoms with van der Waals surface area (Å²) in [7, 11) is 1.41. The number of H-pyrrole nitrogens is 1. The van der Waals surface area contributed by atoms with E-state index in [1.54, 1.807) is 6.20 Å². The molecule has 0 fully saturated rings. The fourth-order valence-corrected chi connectivity index (χ4v) is 1.58. The standard InChI is InChI=1S/C10H15NO3/c1-10(2,7-5-4-6-11-7)8(14-3)9(12)13/h4-6,8,11H,1-3H3,(H,12,13). The maximum atomic E-state index is 10.9. The van der Waals surface area contributed by atoms with E-state index in [0.717, 1.165) is 5.69 Å². The molecule has 1 aromatic heterocycles. The predicted molar refractivity (Wildman–Crippen MR) is 52.3 cm³/mol. The van der Waals surface area contributed by atoms with E-state index in [1.165, 1.54) is 7.11 Å². The normalized spacial score (nSPS) is 13.9. The smallest absolute Gasteiger partial charge is 0.333 e. The van der Waals surface area contributed by atoms with Crippen LogP contribution in [-0.2, 0) is 14.9 Å². The van der Waals surface area contributed by atoms with Gasteiger partial charge in [-0.3, -0.25) is 0 Å². The van der Waals surface area contributed by atoms with Crippen molar-refractivity contribution < 1.29 is 14.6 Å². The van der Waals surface area contributed by atoms with E-state index in [4.69, 9.17) is 9.84 Å². The fraction of sp³-hybridized carbons (Fsp3) is 0.500. The van der Waals surface area contributed by atoms with Crippen molar-refractivity contribution in [2.45, 2.75) is 25.4 Å². The Morgan fingerprint density at radius 2 is 2.29 bits per heavy atom. The molecule has 0 bridgehead atoms. The van der Waals surface area contributed by atoms with E-state index in [2.05, 4.69) is 4.98 Å². The van der Waals surface area contributed by atoms with Crippen LogP contribution in [-0.4, -0.2) is 29.3 Å². The Bertz CT molecular complexity index is 303. The van der Waals surface area contributed by atoms with Gasteiger partial charge in [-0.1, -0.05) is 13.8 Å². The molecule has 4 nitrogen and oxygen atoms in total. The molecule has 0 spiro atoms. The second-order valence-corrected chi connectivity index (χ2v) is 3.76. The Hall–Kier alpha value is -1.29. The van der Waals surface area contributed by atoms with E-state index in [9.17, 15) is 4.79 Å². The van der Waals surface area contributed by atoms with Crippen molar-refractivity contribution in [1.82, 2.24) is 4.98 Å². The van der Waals surface area contributed by atoms with E-state index in [-0.39, 0.29) is 0 Å². The highest BCUT2D eigenvalue weighted by Gasteiger charge is 2.37. The SMILES string of the molecule is COC(C(=O)O)C(C)(C)c1ccc[nH]1. The van der Waals surface area contributed by atoms with Crippen molar-refractivity contribution in [1.29, 1.82) is 0 Å². The van der Waals surface area contributed by atoms with Crippen LogP contribution in [0.5, 0.6) is 0 Å². The lowest BCUT2D eigenvalue weighted by atomic mass is 9.83. The van der Waals surface area contributed by atoms with Gasteiger partial charge < -0.3 is 14.8 Å². The Balaban J connectivity index is 2.99. The average molecular weight is 197 g/mol. The van der Waals surface area contributed by atoms with E-state index < -0.39 is 17.5 Å². The van der Waals surface area contributed by atoms with Crippen LogP contribution >= 0.6 is 0 Å². The van der Waals surface area contributed by atoms with Crippen molar-refractivity contribution in [2.24, 2.45) is 0 Å². The van der Waals surface area contributed by atoms with Crippen molar-refractivity contribution in [3.05, 3.63) is 24.0 Å². The summed E-state index contributed by atoms with van der Waals surface area (Å²) < 4.78 is 4.98. The zero-order chi connectivity index (χ0) is 10.8. The Morgan fingerprint density at radius 3 is 2.64 bits per heavy atom. The highest BCUT2D eigenvalue weighted by molar-refractivity contribution is 5.74. The first kappa shape index (κ1) is 10.8. The Kier molecular flexibility index (Phi) is 2.96. The summed E-state index contributed by atoms with van der Waals surface area (Å²) in [5.41, 5.74) is 0.288. The summed E-state index contributed by atoms with van der Waals surface area (Å²) in [4.78, 5) is 13.9. The number of aliphatic carboxylic acids is 1. The molecule has 0 saturated carbocycles. The third-order valence-electron chi connectivity index (χ3n) is 2.41. The number of carbonyl (C=O) groups is 1. The maximum Gasteiger partial charge on any atom is 0.333 e. The number of methoxy groups -OCH3 is 1. The zero-order valence-electron chi connectivity index (χ0n) is 8.57. The van der Waals surface area contributed by atoms with E-state index in [1.807, 2.05) is 26.0 Å². The maximum absolute atomic E-state index is 10.9. The molecular weight excluding hydrogens is 182 g/mol. The molecule has 0 aliphatic heterocycles. The first-order valence-corrected chi connectivity index (χ1v) is 4.39. The largest absolute Gasteiger partial charge is 0.479 e. The van der Waals surface area contributed by atoms with Gasteiger partial charge in [-0.15, -0.1) is 0 Å². The molecule has 0 saturated heterocycles. The van der Waals surface area contributed by atoms with Crippen LogP contribution in [0.4, 0.5) is 0 Å². The van der Waals surface area contributed by atoms with Crippen molar-refractivity contribution >= 4 is 5.97 Å². The van der Waals surface area contributed by atoms with Gasteiger partial charge in [0.2, 0.25) is 0 Å². The first-order chi connectivity index (χ1) is 6.50. The molecule has 0 aromatic carbocycles. The summed E-state index contributed by atoms with van der Waals surface area (Å²) >= 11 is 0. The predicted octanol–water partition coefficient (Wildman–Crippen LogP) is 1.39. The molecule has 2 N–H and O–H groups in total. The third-order valence-corrected chi connectivity index (χ3v) is 2.41. The summed E-state index contributed by atoms with van der Waals surface area (Å²) in [6.07, 6.45) is 0.923. The Labute approximate surface area is 82.9 Å². The molecule has 4 heteroatoms. The van der Waals surface area contributed by atoms with Crippen LogP contribution in [0.25, 0.3) is 0 Å². The topological polar surface area (TPSA) is 62.3 Å². The summed E-state index contributed by atoms with van der Waals surface area (Å²) in [5, 5.41) is 8.97. The number of hydrogen-bond acceptors (Lipinski definition) is 2. The molecular formula is C10H15NO3. The molecule has 1 heterocycles. The highest BCUT2D eigenvalue weighted by Crippen LogP contribution is 2.27. The van der Waals surface area contributed by atoms with Gasteiger partial charge in [-0.25, -0.2) is 4.79 Å². The lowest BCUT2D eigenvalue weighted by Crippen LogP contribution is -2.41. The fourth-order valence-electron chi connectivity index (χ4n) is 1.58. The zero-order valence-corrected chi connectivity index (χ0v) is 8.57. The minimum Gasteiger partial charge on any atom is -0.479 e. The number of ether oxygens (including phenoxy) is 1. The van der Waals surface area contributed by atoms with Gasteiger partial charge in [-0.05, 0) is 12.1 Å². The van der Waals surface area contributed by atoms with Crippen LogP contribution in [0.15, 0.2) is 18.3 Å². The second-order valence-electron chi connectivity index (χ2n) is 3.76. The molecule has 1 atom stereocenters. The lowest BCUT2D eigenvalue weighted by Gasteiger charge is -2.29. The lowest BCUT2D eigenvalue weighted by molar-refractivity contribution is -0.152. The van der Waals surface area contributed by atoms with Gasteiger partial charge in [0.05, 0.1) is 0 Å². The van der Waals surface area contributed by atoms with Gasteiger partial charge in [0.15, 0.2) is 6.10 Å². The van der Waals surface area contributed by atoms with Gasteiger partial charge in [-0.2, -0.15) is 0 Å². The van der Waals surface area contributed by atoms with E-state index >= 15 is 0 Å². The Morgan fingerprint density at radius 1 is 1.64 bits per heavy atom. The number of rotatable bonds is 4. The van der Waals surface area contributed by atoms with Crippen molar-refractivity contribution in [2.75, 3.05) is 7.11 Å². The second kappa shape index (κ2) is 3.84. The number of aromatic nitrogens is 1. The minimum absolute atomic E-state index is 0.565. The molecule has 1 rings (SSSR count). The number of hydrogen-bond donors (Lipinski definition) is 2. The first-order valence-electron chi connectivity index (χ1n) is 4.39. The van der Waals surface area contributed by atoms with E-state index in [0.29, 0.717) is 0 Å². The minimum atomic E-state index is -0.952.